The molecule has 18 heavy (non-hydrogen) atoms. The van der Waals surface area contributed by atoms with Gasteiger partial charge in [0.05, 0.1) is 11.3 Å². The molecule has 0 atom stereocenters. The molecule has 0 aliphatic carbocycles. The number of aryl methyl sites for hydroxylation is 1. The Bertz CT molecular complexity index is 447. The molecule has 0 amide bonds. The predicted octanol–water partition coefficient (Wildman–Crippen LogP) is 1.76. The van der Waals surface area contributed by atoms with Crippen LogP contribution in [0.1, 0.15) is 42.5 Å². The van der Waals surface area contributed by atoms with E-state index in [2.05, 4.69) is 15.1 Å². The SMILES string of the molecule is Cc1nnc(N2CCCCCC2)c(C(=N)N)c1C. The van der Waals surface area contributed by atoms with Crippen LogP contribution in [-0.2, 0) is 0 Å². The molecule has 0 aromatic carbocycles. The molecule has 1 saturated heterocycles. The van der Waals surface area contributed by atoms with Gasteiger partial charge in [-0.05, 0) is 32.3 Å². The van der Waals surface area contributed by atoms with Gasteiger partial charge in [-0.25, -0.2) is 0 Å². The first-order chi connectivity index (χ1) is 8.61. The summed E-state index contributed by atoms with van der Waals surface area (Å²) in [5, 5.41) is 16.2. The van der Waals surface area contributed by atoms with Crippen LogP contribution in [0.5, 0.6) is 0 Å². The van der Waals surface area contributed by atoms with Crippen molar-refractivity contribution in [2.75, 3.05) is 18.0 Å². The molecule has 2 rings (SSSR count). The number of nitrogens with two attached hydrogens (primary N) is 1. The van der Waals surface area contributed by atoms with Crippen molar-refractivity contribution in [2.45, 2.75) is 39.5 Å². The first-order valence-electron chi connectivity index (χ1n) is 6.54. The zero-order valence-electron chi connectivity index (χ0n) is 11.2. The molecule has 0 bridgehead atoms. The molecule has 1 aromatic heterocycles. The number of rotatable bonds is 2. The van der Waals surface area contributed by atoms with Crippen molar-refractivity contribution >= 4 is 11.7 Å². The third-order valence-electron chi connectivity index (χ3n) is 3.61. The van der Waals surface area contributed by atoms with Crippen LogP contribution in [0.3, 0.4) is 0 Å². The Morgan fingerprint density at radius 2 is 1.72 bits per heavy atom. The third kappa shape index (κ3) is 2.44. The number of nitrogens with one attached hydrogen (secondary N) is 1. The fourth-order valence-corrected chi connectivity index (χ4v) is 2.42. The normalized spacial score (nSPS) is 16.4. The molecular weight excluding hydrogens is 226 g/mol. The maximum absolute atomic E-state index is 7.77. The summed E-state index contributed by atoms with van der Waals surface area (Å²) in [6, 6.07) is 0. The maximum Gasteiger partial charge on any atom is 0.162 e. The smallest absolute Gasteiger partial charge is 0.162 e. The Morgan fingerprint density at radius 3 is 2.28 bits per heavy atom. The van der Waals surface area contributed by atoms with Crippen LogP contribution in [0.25, 0.3) is 0 Å². The Balaban J connectivity index is 2.42. The van der Waals surface area contributed by atoms with Gasteiger partial charge < -0.3 is 10.6 Å². The van der Waals surface area contributed by atoms with Crippen LogP contribution >= 0.6 is 0 Å². The lowest BCUT2D eigenvalue weighted by Gasteiger charge is -2.24. The van der Waals surface area contributed by atoms with E-state index >= 15 is 0 Å². The van der Waals surface area contributed by atoms with Gasteiger partial charge in [-0.3, -0.25) is 5.41 Å². The molecule has 0 radical (unpaired) electrons. The minimum Gasteiger partial charge on any atom is -0.384 e. The number of hydrogen-bond acceptors (Lipinski definition) is 4. The van der Waals surface area contributed by atoms with Gasteiger partial charge in [0, 0.05) is 13.1 Å². The third-order valence-corrected chi connectivity index (χ3v) is 3.61. The summed E-state index contributed by atoms with van der Waals surface area (Å²) < 4.78 is 0. The number of amidine groups is 1. The highest BCUT2D eigenvalue weighted by Gasteiger charge is 2.20. The summed E-state index contributed by atoms with van der Waals surface area (Å²) in [7, 11) is 0. The van der Waals surface area contributed by atoms with E-state index in [1.807, 2.05) is 13.8 Å². The van der Waals surface area contributed by atoms with Crippen molar-refractivity contribution in [3.05, 3.63) is 16.8 Å². The summed E-state index contributed by atoms with van der Waals surface area (Å²) in [4.78, 5) is 2.23. The lowest BCUT2D eigenvalue weighted by molar-refractivity contribution is 0.726. The average Bonchev–Trinajstić information content (AvgIpc) is 2.60. The lowest BCUT2D eigenvalue weighted by Crippen LogP contribution is -2.29. The predicted molar refractivity (Wildman–Crippen MR) is 73.2 cm³/mol. The highest BCUT2D eigenvalue weighted by molar-refractivity contribution is 6.01. The second-order valence-electron chi connectivity index (χ2n) is 4.92. The van der Waals surface area contributed by atoms with Crippen LogP contribution in [-0.4, -0.2) is 29.1 Å². The van der Waals surface area contributed by atoms with E-state index in [0.29, 0.717) is 0 Å². The summed E-state index contributed by atoms with van der Waals surface area (Å²) in [5.74, 6) is 0.872. The fraction of sp³-hybridized carbons (Fsp3) is 0.615. The molecule has 1 aliphatic rings. The Kier molecular flexibility index (Phi) is 3.79. The van der Waals surface area contributed by atoms with E-state index in [1.54, 1.807) is 0 Å². The zero-order valence-corrected chi connectivity index (χ0v) is 11.2. The first kappa shape index (κ1) is 12.8. The molecule has 1 aromatic rings. The maximum atomic E-state index is 7.77. The van der Waals surface area contributed by atoms with Crippen molar-refractivity contribution in [3.63, 3.8) is 0 Å². The van der Waals surface area contributed by atoms with E-state index in [-0.39, 0.29) is 5.84 Å². The van der Waals surface area contributed by atoms with Gasteiger partial charge in [-0.1, -0.05) is 12.8 Å². The number of nitrogen functional groups attached to an aromatic ring is 1. The molecule has 5 heteroatoms. The quantitative estimate of drug-likeness (QED) is 0.616. The lowest BCUT2D eigenvalue weighted by atomic mass is 10.1. The standard InChI is InChI=1S/C13H21N5/c1-9-10(2)16-17-13(11(9)12(14)15)18-7-5-3-4-6-8-18/h3-8H2,1-2H3,(H3,14,15). The van der Waals surface area contributed by atoms with Crippen LogP contribution in [0.15, 0.2) is 0 Å². The molecule has 2 heterocycles. The van der Waals surface area contributed by atoms with E-state index in [1.165, 1.54) is 25.7 Å². The molecule has 0 unspecified atom stereocenters. The number of hydrogen-bond donors (Lipinski definition) is 2. The molecule has 1 fully saturated rings. The Labute approximate surface area is 108 Å². The minimum atomic E-state index is 0.0877. The number of aromatic nitrogens is 2. The molecule has 0 saturated carbocycles. The van der Waals surface area contributed by atoms with Crippen molar-refractivity contribution in [2.24, 2.45) is 5.73 Å². The number of nitrogens with zero attached hydrogens (tertiary/aromatic N) is 3. The van der Waals surface area contributed by atoms with E-state index in [9.17, 15) is 0 Å². The molecule has 0 spiro atoms. The largest absolute Gasteiger partial charge is 0.384 e. The molecule has 5 nitrogen and oxygen atoms in total. The van der Waals surface area contributed by atoms with E-state index in [0.717, 1.165) is 35.7 Å². The van der Waals surface area contributed by atoms with Crippen molar-refractivity contribution in [1.82, 2.24) is 10.2 Å². The molecule has 1 aliphatic heterocycles. The van der Waals surface area contributed by atoms with Crippen molar-refractivity contribution in [1.29, 1.82) is 5.41 Å². The Hall–Kier alpha value is -1.65. The van der Waals surface area contributed by atoms with Crippen molar-refractivity contribution in [3.8, 4) is 0 Å². The summed E-state index contributed by atoms with van der Waals surface area (Å²) in [6.45, 7) is 5.83. The zero-order chi connectivity index (χ0) is 13.1. The minimum absolute atomic E-state index is 0.0877. The van der Waals surface area contributed by atoms with E-state index in [4.69, 9.17) is 11.1 Å². The second-order valence-corrected chi connectivity index (χ2v) is 4.92. The van der Waals surface area contributed by atoms with Crippen LogP contribution in [0.4, 0.5) is 5.82 Å². The van der Waals surface area contributed by atoms with Gasteiger partial charge in [0.2, 0.25) is 0 Å². The molecule has 98 valence electrons. The molecular formula is C13H21N5. The summed E-state index contributed by atoms with van der Waals surface area (Å²) >= 11 is 0. The van der Waals surface area contributed by atoms with Gasteiger partial charge in [-0.2, -0.15) is 5.10 Å². The van der Waals surface area contributed by atoms with Gasteiger partial charge in [0.1, 0.15) is 5.84 Å². The van der Waals surface area contributed by atoms with Gasteiger partial charge in [0.15, 0.2) is 5.82 Å². The molecule has 3 N–H and O–H groups in total. The summed E-state index contributed by atoms with van der Waals surface area (Å²) in [5.41, 5.74) is 8.29. The second kappa shape index (κ2) is 5.33. The number of anilines is 1. The highest BCUT2D eigenvalue weighted by Crippen LogP contribution is 2.24. The monoisotopic (exact) mass is 247 g/mol. The van der Waals surface area contributed by atoms with Crippen molar-refractivity contribution < 1.29 is 0 Å². The van der Waals surface area contributed by atoms with Gasteiger partial charge in [0.25, 0.3) is 0 Å². The van der Waals surface area contributed by atoms with Crippen LogP contribution in [0, 0.1) is 19.3 Å². The first-order valence-corrected chi connectivity index (χ1v) is 6.54. The van der Waals surface area contributed by atoms with Gasteiger partial charge >= 0.3 is 0 Å². The summed E-state index contributed by atoms with van der Waals surface area (Å²) in [6.07, 6.45) is 4.88. The van der Waals surface area contributed by atoms with E-state index < -0.39 is 0 Å². The average molecular weight is 247 g/mol. The topological polar surface area (TPSA) is 78.9 Å². The highest BCUT2D eigenvalue weighted by atomic mass is 15.3. The van der Waals surface area contributed by atoms with Crippen LogP contribution in [0.2, 0.25) is 0 Å². The van der Waals surface area contributed by atoms with Gasteiger partial charge in [-0.15, -0.1) is 5.10 Å². The fourth-order valence-electron chi connectivity index (χ4n) is 2.42. The Morgan fingerprint density at radius 1 is 1.11 bits per heavy atom. The van der Waals surface area contributed by atoms with Crippen LogP contribution < -0.4 is 10.6 Å².